The molecule has 1 unspecified atom stereocenters. The molecule has 2 fully saturated rings. The molecule has 1 N–H and O–H groups in total. The van der Waals surface area contributed by atoms with E-state index in [4.69, 9.17) is 0 Å². The van der Waals surface area contributed by atoms with E-state index in [0.717, 1.165) is 44.8 Å². The van der Waals surface area contributed by atoms with Gasteiger partial charge in [0.1, 0.15) is 0 Å². The van der Waals surface area contributed by atoms with Crippen molar-refractivity contribution in [2.24, 2.45) is 5.92 Å². The lowest BCUT2D eigenvalue weighted by atomic mass is 10.0. The number of nitrogens with one attached hydrogen (secondary N) is 1. The van der Waals surface area contributed by atoms with Gasteiger partial charge in [0, 0.05) is 13.1 Å². The lowest BCUT2D eigenvalue weighted by molar-refractivity contribution is -0.125. The molecule has 1 aromatic carbocycles. The van der Waals surface area contributed by atoms with Crippen molar-refractivity contribution in [1.29, 1.82) is 0 Å². The van der Waals surface area contributed by atoms with Crippen molar-refractivity contribution < 1.29 is 4.79 Å². The van der Waals surface area contributed by atoms with Gasteiger partial charge < -0.3 is 5.32 Å². The summed E-state index contributed by atoms with van der Waals surface area (Å²) in [5, 5.41) is 3.19. The van der Waals surface area contributed by atoms with Crippen molar-refractivity contribution in [3.8, 4) is 0 Å². The van der Waals surface area contributed by atoms with E-state index in [1.807, 2.05) is 6.07 Å². The molecular formula is C19H28N2O. The second-order valence-electron chi connectivity index (χ2n) is 6.84. The summed E-state index contributed by atoms with van der Waals surface area (Å²) >= 11 is 0. The van der Waals surface area contributed by atoms with Gasteiger partial charge in [-0.15, -0.1) is 0 Å². The molecule has 3 rings (SSSR count). The first-order valence-corrected chi connectivity index (χ1v) is 8.88. The average molecular weight is 300 g/mol. The van der Waals surface area contributed by atoms with Gasteiger partial charge in [0.2, 0.25) is 5.91 Å². The third-order valence-corrected chi connectivity index (χ3v) is 5.22. The van der Waals surface area contributed by atoms with Crippen LogP contribution < -0.4 is 5.32 Å². The van der Waals surface area contributed by atoms with E-state index in [1.165, 1.54) is 31.2 Å². The van der Waals surface area contributed by atoms with Crippen LogP contribution in [0.25, 0.3) is 0 Å². The number of hydrogen-bond acceptors (Lipinski definition) is 2. The summed E-state index contributed by atoms with van der Waals surface area (Å²) in [7, 11) is 0. The van der Waals surface area contributed by atoms with E-state index in [-0.39, 0.29) is 11.9 Å². The van der Waals surface area contributed by atoms with E-state index < -0.39 is 0 Å². The fourth-order valence-electron chi connectivity index (χ4n) is 3.95. The van der Waals surface area contributed by atoms with Crippen LogP contribution in [-0.4, -0.2) is 29.9 Å². The van der Waals surface area contributed by atoms with Crippen molar-refractivity contribution in [1.82, 2.24) is 10.2 Å². The Bertz CT molecular complexity index is 468. The lowest BCUT2D eigenvalue weighted by Crippen LogP contribution is -2.43. The molecule has 0 spiro atoms. The molecule has 1 atom stereocenters. The zero-order valence-corrected chi connectivity index (χ0v) is 13.5. The zero-order valence-electron chi connectivity index (χ0n) is 13.5. The van der Waals surface area contributed by atoms with E-state index in [1.54, 1.807) is 0 Å². The summed E-state index contributed by atoms with van der Waals surface area (Å²) in [6.45, 7) is 2.79. The van der Waals surface area contributed by atoms with Gasteiger partial charge in [-0.25, -0.2) is 0 Å². The molecule has 1 heterocycles. The number of likely N-dealkylation sites (tertiary alicyclic amines) is 1. The topological polar surface area (TPSA) is 32.3 Å². The van der Waals surface area contributed by atoms with Crippen LogP contribution in [0.5, 0.6) is 0 Å². The lowest BCUT2D eigenvalue weighted by Gasteiger charge is -2.24. The molecule has 0 radical (unpaired) electrons. The van der Waals surface area contributed by atoms with Crippen molar-refractivity contribution in [2.45, 2.75) is 57.5 Å². The summed E-state index contributed by atoms with van der Waals surface area (Å²) in [6.07, 6.45) is 8.78. The number of nitrogens with zero attached hydrogens (tertiary/aromatic N) is 1. The minimum Gasteiger partial charge on any atom is -0.355 e. The van der Waals surface area contributed by atoms with E-state index >= 15 is 0 Å². The Balaban J connectivity index is 1.46. The highest BCUT2D eigenvalue weighted by Crippen LogP contribution is 2.27. The van der Waals surface area contributed by atoms with Gasteiger partial charge in [-0.05, 0) is 37.3 Å². The summed E-state index contributed by atoms with van der Waals surface area (Å²) < 4.78 is 0. The maximum absolute atomic E-state index is 12.5. The Morgan fingerprint density at radius 3 is 2.64 bits per heavy atom. The number of rotatable bonds is 6. The predicted octanol–water partition coefficient (Wildman–Crippen LogP) is 3.35. The number of hydrogen-bond donors (Lipinski definition) is 1. The third kappa shape index (κ3) is 4.10. The van der Waals surface area contributed by atoms with Crippen LogP contribution in [0.1, 0.15) is 50.5 Å². The van der Waals surface area contributed by atoms with Crippen molar-refractivity contribution >= 4 is 5.91 Å². The molecule has 0 aromatic heterocycles. The first-order chi connectivity index (χ1) is 10.8. The highest BCUT2D eigenvalue weighted by atomic mass is 16.2. The van der Waals surface area contributed by atoms with Gasteiger partial charge in [-0.3, -0.25) is 9.69 Å². The van der Waals surface area contributed by atoms with Gasteiger partial charge >= 0.3 is 0 Å². The molecule has 3 heteroatoms. The molecule has 1 saturated heterocycles. The van der Waals surface area contributed by atoms with Crippen molar-refractivity contribution in [3.05, 3.63) is 35.9 Å². The standard InChI is InChI=1S/C19H28N2O/c22-19(20-13-12-16-7-4-5-8-16)18-11-6-14-21(18)15-17-9-2-1-3-10-17/h1-3,9-10,16,18H,4-8,11-15H2,(H,20,22). The number of benzene rings is 1. The first-order valence-electron chi connectivity index (χ1n) is 8.88. The van der Waals surface area contributed by atoms with Crippen LogP contribution in [0.3, 0.4) is 0 Å². The largest absolute Gasteiger partial charge is 0.355 e. The predicted molar refractivity (Wildman–Crippen MR) is 89.5 cm³/mol. The smallest absolute Gasteiger partial charge is 0.237 e. The molecule has 1 aliphatic heterocycles. The maximum atomic E-state index is 12.5. The van der Waals surface area contributed by atoms with Gasteiger partial charge in [-0.2, -0.15) is 0 Å². The molecule has 2 aliphatic rings. The Labute approximate surface area is 134 Å². The van der Waals surface area contributed by atoms with Gasteiger partial charge in [0.15, 0.2) is 0 Å². The molecule has 3 nitrogen and oxygen atoms in total. The summed E-state index contributed by atoms with van der Waals surface area (Å²) in [5.74, 6) is 1.09. The van der Waals surface area contributed by atoms with Crippen molar-refractivity contribution in [3.63, 3.8) is 0 Å². The van der Waals surface area contributed by atoms with Crippen molar-refractivity contribution in [2.75, 3.05) is 13.1 Å². The minimum atomic E-state index is 0.0729. The first kappa shape index (κ1) is 15.5. The third-order valence-electron chi connectivity index (χ3n) is 5.22. The molecule has 120 valence electrons. The van der Waals surface area contributed by atoms with Crippen LogP contribution in [-0.2, 0) is 11.3 Å². The van der Waals surface area contributed by atoms with Gasteiger partial charge in [0.25, 0.3) is 0 Å². The number of carbonyl (C=O) groups excluding carboxylic acids is 1. The summed E-state index contributed by atoms with van der Waals surface area (Å²) in [5.41, 5.74) is 1.30. The molecule has 1 aliphatic carbocycles. The Hall–Kier alpha value is -1.35. The fraction of sp³-hybridized carbons (Fsp3) is 0.632. The number of amides is 1. The summed E-state index contributed by atoms with van der Waals surface area (Å²) in [6, 6.07) is 10.6. The van der Waals surface area contributed by atoms with Gasteiger partial charge in [-0.1, -0.05) is 56.0 Å². The second-order valence-corrected chi connectivity index (χ2v) is 6.84. The summed E-state index contributed by atoms with van der Waals surface area (Å²) in [4.78, 5) is 14.8. The zero-order chi connectivity index (χ0) is 15.2. The van der Waals surface area contributed by atoms with Crippen LogP contribution in [0, 0.1) is 5.92 Å². The van der Waals surface area contributed by atoms with E-state index in [2.05, 4.69) is 34.5 Å². The Morgan fingerprint density at radius 2 is 1.86 bits per heavy atom. The molecule has 22 heavy (non-hydrogen) atoms. The molecule has 1 amide bonds. The van der Waals surface area contributed by atoms with Crippen LogP contribution >= 0.6 is 0 Å². The monoisotopic (exact) mass is 300 g/mol. The molecule has 0 bridgehead atoms. The number of carbonyl (C=O) groups is 1. The van der Waals surface area contributed by atoms with Gasteiger partial charge in [0.05, 0.1) is 6.04 Å². The fourth-order valence-corrected chi connectivity index (χ4v) is 3.95. The highest BCUT2D eigenvalue weighted by molar-refractivity contribution is 5.82. The molecular weight excluding hydrogens is 272 g/mol. The second kappa shape index (κ2) is 7.77. The van der Waals surface area contributed by atoms with Crippen LogP contribution in [0.4, 0.5) is 0 Å². The maximum Gasteiger partial charge on any atom is 0.237 e. The highest BCUT2D eigenvalue weighted by Gasteiger charge is 2.30. The normalized spacial score (nSPS) is 23.0. The van der Waals surface area contributed by atoms with Crippen LogP contribution in [0.15, 0.2) is 30.3 Å². The van der Waals surface area contributed by atoms with E-state index in [9.17, 15) is 4.79 Å². The SMILES string of the molecule is O=C(NCCC1CCCC1)C1CCCN1Cc1ccccc1. The van der Waals surface area contributed by atoms with E-state index in [0.29, 0.717) is 0 Å². The minimum absolute atomic E-state index is 0.0729. The Kier molecular flexibility index (Phi) is 5.49. The molecule has 1 saturated carbocycles. The average Bonchev–Trinajstić information content (AvgIpc) is 3.20. The molecule has 1 aromatic rings. The quantitative estimate of drug-likeness (QED) is 0.874. The van der Waals surface area contributed by atoms with Crippen LogP contribution in [0.2, 0.25) is 0 Å². The Morgan fingerprint density at radius 1 is 1.09 bits per heavy atom.